The van der Waals surface area contributed by atoms with Crippen LogP contribution in [0.3, 0.4) is 0 Å². The van der Waals surface area contributed by atoms with Crippen LogP contribution in [-0.4, -0.2) is 35.3 Å². The third kappa shape index (κ3) is 4.12. The number of hydrogen-bond donors (Lipinski definition) is 1. The molecule has 0 aliphatic carbocycles. The fourth-order valence-electron chi connectivity index (χ4n) is 4.65. The predicted molar refractivity (Wildman–Crippen MR) is 135 cm³/mol. The number of aromatic nitrogens is 2. The number of nitrogens with one attached hydrogen (secondary N) is 1. The van der Waals surface area contributed by atoms with Crippen molar-refractivity contribution in [1.29, 1.82) is 0 Å². The number of amides is 1. The van der Waals surface area contributed by atoms with Crippen molar-refractivity contribution < 1.29 is 14.3 Å². The average Bonchev–Trinajstić information content (AvgIpc) is 3.57. The molecule has 1 amide bonds. The molecule has 4 heterocycles. The van der Waals surface area contributed by atoms with E-state index in [9.17, 15) is 9.59 Å². The number of piperidine rings is 1. The van der Waals surface area contributed by atoms with Crippen molar-refractivity contribution in [2.75, 3.05) is 24.8 Å². The molecule has 1 fully saturated rings. The van der Waals surface area contributed by atoms with Gasteiger partial charge in [0.25, 0.3) is 5.56 Å². The molecule has 1 saturated heterocycles. The molecule has 2 aliphatic heterocycles. The predicted octanol–water partition coefficient (Wildman–Crippen LogP) is 3.71. The molecule has 0 unspecified atom stereocenters. The molecule has 4 aromatic rings. The SMILES string of the molecule is O=C(NCc1ccc2c(c1)OCO2)C1CCN(c2nc3ccsc3c(=O)n2-c2ccccc2)CC1. The number of para-hydroxylation sites is 1. The smallest absolute Gasteiger partial charge is 0.277 e. The normalized spacial score (nSPS) is 15.5. The van der Waals surface area contributed by atoms with E-state index in [4.69, 9.17) is 14.5 Å². The summed E-state index contributed by atoms with van der Waals surface area (Å²) >= 11 is 1.41. The van der Waals surface area contributed by atoms with Crippen LogP contribution in [0.4, 0.5) is 5.95 Å². The molecular formula is C26H24N4O4S. The quantitative estimate of drug-likeness (QED) is 0.461. The van der Waals surface area contributed by atoms with Crippen LogP contribution < -0.4 is 25.2 Å². The van der Waals surface area contributed by atoms with E-state index < -0.39 is 0 Å². The second-order valence-corrected chi connectivity index (χ2v) is 9.61. The van der Waals surface area contributed by atoms with Gasteiger partial charge in [-0.3, -0.25) is 9.59 Å². The highest BCUT2D eigenvalue weighted by atomic mass is 32.1. The van der Waals surface area contributed by atoms with Crippen LogP contribution in [0, 0.1) is 5.92 Å². The van der Waals surface area contributed by atoms with Gasteiger partial charge in [-0.1, -0.05) is 24.3 Å². The van der Waals surface area contributed by atoms with Gasteiger partial charge < -0.3 is 19.7 Å². The van der Waals surface area contributed by atoms with E-state index in [1.54, 1.807) is 4.57 Å². The van der Waals surface area contributed by atoms with Crippen LogP contribution in [0.25, 0.3) is 15.9 Å². The summed E-state index contributed by atoms with van der Waals surface area (Å²) in [5.74, 6) is 2.04. The molecule has 0 atom stereocenters. The Bertz CT molecular complexity index is 1440. The Morgan fingerprint density at radius 1 is 1.06 bits per heavy atom. The number of benzene rings is 2. The summed E-state index contributed by atoms with van der Waals surface area (Å²) in [6.07, 6.45) is 1.39. The maximum atomic E-state index is 13.3. The first-order chi connectivity index (χ1) is 17.2. The van der Waals surface area contributed by atoms with Crippen LogP contribution in [0.15, 0.2) is 64.8 Å². The second-order valence-electron chi connectivity index (χ2n) is 8.69. The maximum Gasteiger partial charge on any atom is 0.277 e. The van der Waals surface area contributed by atoms with Crippen molar-refractivity contribution in [3.05, 3.63) is 75.9 Å². The molecule has 2 aliphatic rings. The van der Waals surface area contributed by atoms with Crippen LogP contribution >= 0.6 is 11.3 Å². The second kappa shape index (κ2) is 9.07. The fourth-order valence-corrected chi connectivity index (χ4v) is 5.41. The van der Waals surface area contributed by atoms with Gasteiger partial charge in [0.2, 0.25) is 18.6 Å². The zero-order chi connectivity index (χ0) is 23.8. The van der Waals surface area contributed by atoms with Gasteiger partial charge in [-0.25, -0.2) is 9.55 Å². The minimum absolute atomic E-state index is 0.0454. The lowest BCUT2D eigenvalue weighted by Crippen LogP contribution is -2.42. The third-order valence-corrected chi connectivity index (χ3v) is 7.42. The Balaban J connectivity index is 1.16. The van der Waals surface area contributed by atoms with Crippen molar-refractivity contribution in [2.24, 2.45) is 5.92 Å². The first kappa shape index (κ1) is 21.7. The van der Waals surface area contributed by atoms with Crippen molar-refractivity contribution in [2.45, 2.75) is 19.4 Å². The molecule has 35 heavy (non-hydrogen) atoms. The molecule has 9 heteroatoms. The summed E-state index contributed by atoms with van der Waals surface area (Å²) in [6, 6.07) is 17.2. The van der Waals surface area contributed by atoms with Crippen LogP contribution in [0.1, 0.15) is 18.4 Å². The van der Waals surface area contributed by atoms with Gasteiger partial charge in [0, 0.05) is 25.6 Å². The molecule has 178 valence electrons. The molecular weight excluding hydrogens is 464 g/mol. The molecule has 0 spiro atoms. The number of anilines is 1. The number of ether oxygens (including phenoxy) is 2. The third-order valence-electron chi connectivity index (χ3n) is 6.53. The molecule has 1 N–H and O–H groups in total. The lowest BCUT2D eigenvalue weighted by Gasteiger charge is -2.33. The molecule has 8 nitrogen and oxygen atoms in total. The monoisotopic (exact) mass is 488 g/mol. The van der Waals surface area contributed by atoms with Crippen molar-refractivity contribution in [1.82, 2.24) is 14.9 Å². The zero-order valence-corrected chi connectivity index (χ0v) is 19.8. The number of hydrogen-bond acceptors (Lipinski definition) is 7. The van der Waals surface area contributed by atoms with E-state index in [-0.39, 0.29) is 24.2 Å². The molecule has 6 rings (SSSR count). The van der Waals surface area contributed by atoms with Gasteiger partial charge in [0.05, 0.1) is 11.2 Å². The molecule has 2 aromatic heterocycles. The first-order valence-electron chi connectivity index (χ1n) is 11.6. The summed E-state index contributed by atoms with van der Waals surface area (Å²) < 4.78 is 13.1. The largest absolute Gasteiger partial charge is 0.454 e. The van der Waals surface area contributed by atoms with E-state index in [0.29, 0.717) is 54.4 Å². The Labute approximate surface area is 205 Å². The first-order valence-corrected chi connectivity index (χ1v) is 12.5. The van der Waals surface area contributed by atoms with Crippen molar-refractivity contribution in [3.8, 4) is 17.2 Å². The van der Waals surface area contributed by atoms with Gasteiger partial charge in [0.1, 0.15) is 4.70 Å². The number of carbonyl (C=O) groups excluding carboxylic acids is 1. The fraction of sp³-hybridized carbons (Fsp3) is 0.269. The van der Waals surface area contributed by atoms with Gasteiger partial charge >= 0.3 is 0 Å². The Morgan fingerprint density at radius 3 is 2.69 bits per heavy atom. The molecule has 0 bridgehead atoms. The van der Waals surface area contributed by atoms with Crippen molar-refractivity contribution in [3.63, 3.8) is 0 Å². The minimum Gasteiger partial charge on any atom is -0.454 e. The van der Waals surface area contributed by atoms with Crippen LogP contribution in [0.2, 0.25) is 0 Å². The number of nitrogens with zero attached hydrogens (tertiary/aromatic N) is 3. The Hall–Kier alpha value is -3.85. The standard InChI is InChI=1S/C26H24N4O4S/c31-24(27-15-17-6-7-21-22(14-17)34-16-33-21)18-8-11-29(12-9-18)26-28-20-10-13-35-23(20)25(32)30(26)19-4-2-1-3-5-19/h1-7,10,13-14,18H,8-9,11-12,15-16H2,(H,27,31). The summed E-state index contributed by atoms with van der Waals surface area (Å²) in [4.78, 5) is 33.2. The Morgan fingerprint density at radius 2 is 1.86 bits per heavy atom. The summed E-state index contributed by atoms with van der Waals surface area (Å²) in [5.41, 5.74) is 2.42. The highest BCUT2D eigenvalue weighted by Crippen LogP contribution is 2.32. The van der Waals surface area contributed by atoms with E-state index >= 15 is 0 Å². The number of carbonyl (C=O) groups is 1. The number of thiophene rings is 1. The lowest BCUT2D eigenvalue weighted by molar-refractivity contribution is -0.125. The maximum absolute atomic E-state index is 13.3. The summed E-state index contributed by atoms with van der Waals surface area (Å²) in [6.45, 7) is 1.98. The highest BCUT2D eigenvalue weighted by molar-refractivity contribution is 7.17. The van der Waals surface area contributed by atoms with Gasteiger partial charge in [-0.2, -0.15) is 0 Å². The zero-order valence-electron chi connectivity index (χ0n) is 19.0. The van der Waals surface area contributed by atoms with Crippen molar-refractivity contribution >= 4 is 33.4 Å². The van der Waals surface area contributed by atoms with Gasteiger partial charge in [-0.05, 0) is 54.1 Å². The lowest BCUT2D eigenvalue weighted by atomic mass is 9.96. The molecule has 0 radical (unpaired) electrons. The minimum atomic E-state index is -0.0814. The van der Waals surface area contributed by atoms with Crippen LogP contribution in [0.5, 0.6) is 11.5 Å². The number of fused-ring (bicyclic) bond motifs is 2. The average molecular weight is 489 g/mol. The molecule has 0 saturated carbocycles. The molecule has 2 aromatic carbocycles. The van der Waals surface area contributed by atoms with Crippen LogP contribution in [-0.2, 0) is 11.3 Å². The highest BCUT2D eigenvalue weighted by Gasteiger charge is 2.28. The number of rotatable bonds is 5. The van der Waals surface area contributed by atoms with E-state index in [1.165, 1.54) is 11.3 Å². The summed E-state index contributed by atoms with van der Waals surface area (Å²) in [7, 11) is 0. The topological polar surface area (TPSA) is 85.7 Å². The van der Waals surface area contributed by atoms with Gasteiger partial charge in [-0.15, -0.1) is 11.3 Å². The Kier molecular flexibility index (Phi) is 5.61. The van der Waals surface area contributed by atoms with Gasteiger partial charge in [0.15, 0.2) is 11.5 Å². The van der Waals surface area contributed by atoms with E-state index in [0.717, 1.165) is 17.0 Å². The van der Waals surface area contributed by atoms with E-state index in [1.807, 2.05) is 60.0 Å². The summed E-state index contributed by atoms with van der Waals surface area (Å²) in [5, 5.41) is 4.96. The van der Waals surface area contributed by atoms with E-state index in [2.05, 4.69) is 10.2 Å².